The zero-order chi connectivity index (χ0) is 22.0. The highest BCUT2D eigenvalue weighted by Crippen LogP contribution is 2.26. The number of carbonyl (C=O) groups excluding carboxylic acids is 2. The Morgan fingerprint density at radius 2 is 1.58 bits per heavy atom. The predicted octanol–water partition coefficient (Wildman–Crippen LogP) is 4.70. The standard InChI is InChI=1S/C25H22FNO4/c1-25(2)30-22(24(29)31-25)14-23(28)27(15-17-8-11-21(26)12-9-17)16-18-7-10-19-5-3-4-6-20(19)13-18/h3-14H,15-16H2,1-2H3. The molecule has 0 spiro atoms. The average molecular weight is 419 g/mol. The highest BCUT2D eigenvalue weighted by Gasteiger charge is 2.38. The summed E-state index contributed by atoms with van der Waals surface area (Å²) in [6.07, 6.45) is 1.15. The lowest BCUT2D eigenvalue weighted by atomic mass is 10.1. The van der Waals surface area contributed by atoms with Crippen LogP contribution in [0.3, 0.4) is 0 Å². The van der Waals surface area contributed by atoms with Crippen LogP contribution in [0.5, 0.6) is 0 Å². The number of halogens is 1. The topological polar surface area (TPSA) is 55.8 Å². The zero-order valence-corrected chi connectivity index (χ0v) is 17.3. The number of esters is 1. The Bertz CT molecular complexity index is 1170. The first kappa shape index (κ1) is 20.6. The molecule has 0 aromatic heterocycles. The van der Waals surface area contributed by atoms with Crippen molar-refractivity contribution in [1.82, 2.24) is 4.90 Å². The molecule has 1 heterocycles. The Hall–Kier alpha value is -3.67. The third kappa shape index (κ3) is 4.91. The first-order valence-electron chi connectivity index (χ1n) is 9.94. The van der Waals surface area contributed by atoms with Gasteiger partial charge in [-0.2, -0.15) is 0 Å². The van der Waals surface area contributed by atoms with E-state index in [1.165, 1.54) is 12.1 Å². The van der Waals surface area contributed by atoms with Gasteiger partial charge in [0.2, 0.25) is 11.5 Å². The Labute approximate surface area is 179 Å². The SMILES string of the molecule is CC1(C)OC(=O)C(=CC(=O)N(Cc2ccc(F)cc2)Cc2ccc3ccccc3c2)O1. The van der Waals surface area contributed by atoms with Gasteiger partial charge in [-0.25, -0.2) is 9.18 Å². The molecule has 3 aromatic carbocycles. The van der Waals surface area contributed by atoms with Crippen molar-refractivity contribution in [2.75, 3.05) is 0 Å². The molecule has 1 aliphatic rings. The summed E-state index contributed by atoms with van der Waals surface area (Å²) < 4.78 is 23.9. The van der Waals surface area contributed by atoms with Gasteiger partial charge in [0.1, 0.15) is 5.82 Å². The van der Waals surface area contributed by atoms with Gasteiger partial charge in [0.15, 0.2) is 0 Å². The van der Waals surface area contributed by atoms with E-state index < -0.39 is 17.7 Å². The molecule has 1 fully saturated rings. The quantitative estimate of drug-likeness (QED) is 0.444. The summed E-state index contributed by atoms with van der Waals surface area (Å²) in [7, 11) is 0. The first-order valence-corrected chi connectivity index (χ1v) is 9.94. The Kier molecular flexibility index (Phi) is 5.46. The summed E-state index contributed by atoms with van der Waals surface area (Å²) in [5.74, 6) is -2.66. The van der Waals surface area contributed by atoms with E-state index in [1.807, 2.05) is 42.5 Å². The first-order chi connectivity index (χ1) is 14.8. The maximum Gasteiger partial charge on any atom is 0.377 e. The van der Waals surface area contributed by atoms with Crippen molar-refractivity contribution in [1.29, 1.82) is 0 Å². The van der Waals surface area contributed by atoms with Crippen LogP contribution < -0.4 is 0 Å². The number of hydrogen-bond donors (Lipinski definition) is 0. The molecule has 0 unspecified atom stereocenters. The molecule has 0 bridgehead atoms. The number of rotatable bonds is 5. The number of carbonyl (C=O) groups is 2. The molecule has 0 atom stereocenters. The van der Waals surface area contributed by atoms with Gasteiger partial charge in [-0.1, -0.05) is 48.5 Å². The summed E-state index contributed by atoms with van der Waals surface area (Å²) in [6, 6.07) is 19.9. The molecule has 0 N–H and O–H groups in total. The third-order valence-electron chi connectivity index (χ3n) is 4.94. The number of nitrogens with zero attached hydrogens (tertiary/aromatic N) is 1. The lowest BCUT2D eigenvalue weighted by molar-refractivity contribution is -0.159. The number of fused-ring (bicyclic) bond motifs is 1. The van der Waals surface area contributed by atoms with Gasteiger partial charge in [0.05, 0.1) is 6.08 Å². The van der Waals surface area contributed by atoms with Crippen molar-refractivity contribution in [2.45, 2.75) is 32.7 Å². The molecule has 4 rings (SSSR count). The van der Waals surface area contributed by atoms with Gasteiger partial charge in [-0.15, -0.1) is 0 Å². The summed E-state index contributed by atoms with van der Waals surface area (Å²) >= 11 is 0. The van der Waals surface area contributed by atoms with E-state index in [4.69, 9.17) is 9.47 Å². The van der Waals surface area contributed by atoms with Crippen LogP contribution >= 0.6 is 0 Å². The number of amides is 1. The molecule has 31 heavy (non-hydrogen) atoms. The largest absolute Gasteiger partial charge is 0.445 e. The van der Waals surface area contributed by atoms with E-state index in [9.17, 15) is 14.0 Å². The van der Waals surface area contributed by atoms with Crippen molar-refractivity contribution in [3.05, 3.63) is 95.5 Å². The van der Waals surface area contributed by atoms with Gasteiger partial charge in [0.25, 0.3) is 5.91 Å². The van der Waals surface area contributed by atoms with Crippen molar-refractivity contribution in [3.63, 3.8) is 0 Å². The smallest absolute Gasteiger partial charge is 0.377 e. The van der Waals surface area contributed by atoms with E-state index in [2.05, 4.69) is 0 Å². The fourth-order valence-corrected chi connectivity index (χ4v) is 3.47. The summed E-state index contributed by atoms with van der Waals surface area (Å²) in [6.45, 7) is 3.75. The molecule has 1 saturated heterocycles. The second kappa shape index (κ2) is 8.22. The molecule has 0 aliphatic carbocycles. The Morgan fingerprint density at radius 3 is 2.26 bits per heavy atom. The van der Waals surface area contributed by atoms with Gasteiger partial charge in [0, 0.05) is 26.9 Å². The van der Waals surface area contributed by atoms with Gasteiger partial charge in [-0.05, 0) is 40.1 Å². The highest BCUT2D eigenvalue weighted by molar-refractivity contribution is 5.98. The number of cyclic esters (lactones) is 1. The zero-order valence-electron chi connectivity index (χ0n) is 17.3. The normalized spacial score (nSPS) is 16.2. The lowest BCUT2D eigenvalue weighted by Gasteiger charge is -2.22. The summed E-state index contributed by atoms with van der Waals surface area (Å²) in [5, 5.41) is 2.17. The number of benzene rings is 3. The van der Waals surface area contributed by atoms with Gasteiger partial charge < -0.3 is 14.4 Å². The predicted molar refractivity (Wildman–Crippen MR) is 114 cm³/mol. The molecule has 6 heteroatoms. The van der Waals surface area contributed by atoms with Crippen molar-refractivity contribution >= 4 is 22.6 Å². The minimum absolute atomic E-state index is 0.127. The van der Waals surface area contributed by atoms with Crippen LogP contribution in [0, 0.1) is 5.82 Å². The van der Waals surface area contributed by atoms with E-state index in [0.29, 0.717) is 6.54 Å². The van der Waals surface area contributed by atoms with Crippen molar-refractivity contribution in [3.8, 4) is 0 Å². The van der Waals surface area contributed by atoms with Crippen LogP contribution in [0.15, 0.2) is 78.6 Å². The summed E-state index contributed by atoms with van der Waals surface area (Å²) in [5.41, 5.74) is 1.70. The van der Waals surface area contributed by atoms with Crippen LogP contribution in [0.4, 0.5) is 4.39 Å². The van der Waals surface area contributed by atoms with Gasteiger partial charge in [-0.3, -0.25) is 4.79 Å². The molecular weight excluding hydrogens is 397 g/mol. The lowest BCUT2D eigenvalue weighted by Crippen LogP contribution is -2.29. The van der Waals surface area contributed by atoms with E-state index in [0.717, 1.165) is 28.0 Å². The van der Waals surface area contributed by atoms with Gasteiger partial charge >= 0.3 is 5.97 Å². The highest BCUT2D eigenvalue weighted by atomic mass is 19.1. The monoisotopic (exact) mass is 419 g/mol. The second-order valence-corrected chi connectivity index (χ2v) is 7.90. The molecule has 0 radical (unpaired) electrons. The Morgan fingerprint density at radius 1 is 0.935 bits per heavy atom. The number of hydrogen-bond acceptors (Lipinski definition) is 4. The maximum atomic E-state index is 13.3. The molecule has 0 saturated carbocycles. The second-order valence-electron chi connectivity index (χ2n) is 7.90. The Balaban J connectivity index is 1.62. The molecule has 1 amide bonds. The van der Waals surface area contributed by atoms with E-state index in [-0.39, 0.29) is 18.1 Å². The maximum absolute atomic E-state index is 13.3. The van der Waals surface area contributed by atoms with Crippen LogP contribution in [-0.4, -0.2) is 22.6 Å². The molecule has 158 valence electrons. The van der Waals surface area contributed by atoms with Crippen LogP contribution in [0.1, 0.15) is 25.0 Å². The minimum atomic E-state index is -1.11. The van der Waals surface area contributed by atoms with E-state index in [1.54, 1.807) is 30.9 Å². The fraction of sp³-hybridized carbons (Fsp3) is 0.200. The van der Waals surface area contributed by atoms with Crippen molar-refractivity contribution in [2.24, 2.45) is 0 Å². The minimum Gasteiger partial charge on any atom is -0.445 e. The van der Waals surface area contributed by atoms with Crippen LogP contribution in [-0.2, 0) is 32.2 Å². The molecule has 3 aromatic rings. The molecule has 1 aliphatic heterocycles. The fourth-order valence-electron chi connectivity index (χ4n) is 3.47. The van der Waals surface area contributed by atoms with Crippen molar-refractivity contribution < 1.29 is 23.5 Å². The third-order valence-corrected chi connectivity index (χ3v) is 4.94. The van der Waals surface area contributed by atoms with Crippen LogP contribution in [0.25, 0.3) is 10.8 Å². The van der Waals surface area contributed by atoms with Crippen LogP contribution in [0.2, 0.25) is 0 Å². The number of ether oxygens (including phenoxy) is 2. The average Bonchev–Trinajstić information content (AvgIpc) is 3.00. The summed E-state index contributed by atoms with van der Waals surface area (Å²) in [4.78, 5) is 26.7. The molecule has 5 nitrogen and oxygen atoms in total. The molecular formula is C25H22FNO4. The van der Waals surface area contributed by atoms with E-state index >= 15 is 0 Å².